The fourth-order valence-electron chi connectivity index (χ4n) is 0.406. The summed E-state index contributed by atoms with van der Waals surface area (Å²) < 4.78 is 0. The normalized spacial score (nSPS) is 14.0. The van der Waals surface area contributed by atoms with Crippen LogP contribution in [-0.4, -0.2) is 5.48 Å². The van der Waals surface area contributed by atoms with Crippen LogP contribution in [0.2, 0.25) is 0 Å². The number of hydrogen-bond acceptors (Lipinski definition) is 1. The van der Waals surface area contributed by atoms with Crippen molar-refractivity contribution < 1.29 is 5.48 Å². The second-order valence-corrected chi connectivity index (χ2v) is 1.27. The molecule has 2 heteroatoms. The fraction of sp³-hybridized carbons (Fsp3) is 0. The van der Waals surface area contributed by atoms with Crippen molar-refractivity contribution in [3.05, 3.63) is 36.7 Å². The van der Waals surface area contributed by atoms with E-state index in [1.54, 1.807) is 0 Å². The minimum absolute atomic E-state index is 0. The molecule has 1 rings (SSSR count). The predicted molar refractivity (Wildman–Crippen MR) is 32.5 cm³/mol. The molecule has 0 aromatic carbocycles. The third-order valence-electron chi connectivity index (χ3n) is 0.718. The first-order valence-electron chi connectivity index (χ1n) is 2.24. The Bertz CT molecular complexity index is 110. The van der Waals surface area contributed by atoms with E-state index in [4.69, 9.17) is 0 Å². The van der Waals surface area contributed by atoms with Crippen LogP contribution in [0.3, 0.4) is 0 Å². The van der Waals surface area contributed by atoms with Gasteiger partial charge in [0.15, 0.2) is 0 Å². The molecular weight excluding hydrogens is 102 g/mol. The lowest BCUT2D eigenvalue weighted by Crippen LogP contribution is -1.87. The van der Waals surface area contributed by atoms with Gasteiger partial charge in [-0.3, -0.25) is 5.48 Å². The third-order valence-corrected chi connectivity index (χ3v) is 0.718. The Morgan fingerprint density at radius 2 is 1.25 bits per heavy atom. The van der Waals surface area contributed by atoms with E-state index in [1.807, 2.05) is 36.7 Å². The lowest BCUT2D eigenvalue weighted by atomic mass is 10.5. The first-order chi connectivity index (χ1) is 3.50. The molecular formula is C6H8NO. The van der Waals surface area contributed by atoms with Crippen molar-refractivity contribution >= 4 is 0 Å². The van der Waals surface area contributed by atoms with Crippen molar-refractivity contribution in [2.45, 2.75) is 0 Å². The highest BCUT2D eigenvalue weighted by atomic mass is 16.0. The van der Waals surface area contributed by atoms with E-state index in [9.17, 15) is 0 Å². The third kappa shape index (κ3) is 2.21. The molecule has 1 radical (unpaired) electrons. The van der Waals surface area contributed by atoms with Gasteiger partial charge in [-0.2, -0.15) is 0 Å². The van der Waals surface area contributed by atoms with E-state index in [-0.39, 0.29) is 5.48 Å². The molecule has 0 saturated carbocycles. The van der Waals surface area contributed by atoms with E-state index in [0.29, 0.717) is 0 Å². The van der Waals surface area contributed by atoms with Crippen LogP contribution in [-0.2, 0) is 0 Å². The van der Waals surface area contributed by atoms with Gasteiger partial charge in [-0.25, -0.2) is 0 Å². The van der Waals surface area contributed by atoms with Crippen LogP contribution < -0.4 is 5.32 Å². The molecule has 0 fully saturated rings. The summed E-state index contributed by atoms with van der Waals surface area (Å²) in [6.45, 7) is 0. The van der Waals surface area contributed by atoms with Crippen molar-refractivity contribution in [1.29, 1.82) is 0 Å². The molecule has 0 atom stereocenters. The zero-order chi connectivity index (χ0) is 4.95. The first kappa shape index (κ1) is 6.98. The predicted octanol–water partition coefficient (Wildman–Crippen LogP) is 0.996. The van der Waals surface area contributed by atoms with Gasteiger partial charge < -0.3 is 5.32 Å². The van der Waals surface area contributed by atoms with E-state index in [0.717, 1.165) is 0 Å². The second-order valence-electron chi connectivity index (χ2n) is 1.27. The average molecular weight is 110 g/mol. The lowest BCUT2D eigenvalue weighted by Gasteiger charge is -1.79. The van der Waals surface area contributed by atoms with Crippen LogP contribution in [0.15, 0.2) is 36.7 Å². The molecule has 8 heavy (non-hydrogen) atoms. The molecule has 0 aromatic rings. The van der Waals surface area contributed by atoms with Crippen LogP contribution in [0.25, 0.3) is 0 Å². The number of allylic oxidation sites excluding steroid dienone is 4. The molecule has 0 aliphatic carbocycles. The molecule has 0 aromatic heterocycles. The van der Waals surface area contributed by atoms with Gasteiger partial charge in [0.1, 0.15) is 0 Å². The Hall–Kier alpha value is -1.02. The Morgan fingerprint density at radius 1 is 0.750 bits per heavy atom. The molecule has 0 spiro atoms. The number of rotatable bonds is 0. The van der Waals surface area contributed by atoms with Gasteiger partial charge in [0, 0.05) is 12.4 Å². The molecule has 1 aliphatic rings. The van der Waals surface area contributed by atoms with Crippen LogP contribution in [0.4, 0.5) is 0 Å². The molecule has 2 N–H and O–H groups in total. The summed E-state index contributed by atoms with van der Waals surface area (Å²) in [7, 11) is 0. The largest absolute Gasteiger partial charge is 0.368 e. The van der Waals surface area contributed by atoms with Crippen LogP contribution in [0, 0.1) is 0 Å². The van der Waals surface area contributed by atoms with Gasteiger partial charge in [0.2, 0.25) is 0 Å². The summed E-state index contributed by atoms with van der Waals surface area (Å²) in [6, 6.07) is 0. The first-order valence-corrected chi connectivity index (χ1v) is 2.24. The molecule has 1 aliphatic heterocycles. The van der Waals surface area contributed by atoms with Gasteiger partial charge in [-0.15, -0.1) is 0 Å². The Labute approximate surface area is 48.5 Å². The number of nitrogens with one attached hydrogen (secondary N) is 1. The molecule has 0 unspecified atom stereocenters. The Morgan fingerprint density at radius 3 is 1.75 bits per heavy atom. The summed E-state index contributed by atoms with van der Waals surface area (Å²) in [5.41, 5.74) is 0. The van der Waals surface area contributed by atoms with Crippen LogP contribution in [0.5, 0.6) is 0 Å². The average Bonchev–Trinajstić information content (AvgIpc) is 1.90. The van der Waals surface area contributed by atoms with Crippen molar-refractivity contribution in [2.75, 3.05) is 0 Å². The van der Waals surface area contributed by atoms with Crippen LogP contribution in [0.1, 0.15) is 0 Å². The molecule has 43 valence electrons. The van der Waals surface area contributed by atoms with Crippen molar-refractivity contribution in [3.63, 3.8) is 0 Å². The molecule has 0 bridgehead atoms. The second kappa shape index (κ2) is 4.15. The molecule has 0 amide bonds. The molecule has 2 nitrogen and oxygen atoms in total. The van der Waals surface area contributed by atoms with Gasteiger partial charge in [0.05, 0.1) is 0 Å². The quantitative estimate of drug-likeness (QED) is 0.480. The maximum atomic E-state index is 2.92. The van der Waals surface area contributed by atoms with E-state index in [1.165, 1.54) is 0 Å². The number of hydrogen-bond donors (Lipinski definition) is 2. The summed E-state index contributed by atoms with van der Waals surface area (Å²) in [5.74, 6) is 0. The fourth-order valence-corrected chi connectivity index (χ4v) is 0.406. The maximum absolute atomic E-state index is 2.92. The highest BCUT2D eigenvalue weighted by molar-refractivity contribution is 5.14. The van der Waals surface area contributed by atoms with Crippen molar-refractivity contribution in [2.24, 2.45) is 0 Å². The Kier molecular flexibility index (Phi) is 3.62. The van der Waals surface area contributed by atoms with E-state index >= 15 is 0 Å². The Balaban J connectivity index is 0.000000490. The highest BCUT2D eigenvalue weighted by Gasteiger charge is 1.67. The zero-order valence-electron chi connectivity index (χ0n) is 4.41. The minimum atomic E-state index is 0. The smallest absolute Gasteiger partial charge is 0.000442 e. The van der Waals surface area contributed by atoms with Crippen molar-refractivity contribution in [3.8, 4) is 0 Å². The standard InChI is InChI=1S/C6H7N.HO/c1-2-4-6-7-5-3-1;/h1-7H;1H. The van der Waals surface area contributed by atoms with Gasteiger partial charge in [-0.05, 0) is 12.2 Å². The SMILES string of the molecule is C1=CC=CNC=C1.[OH]. The molecule has 0 saturated heterocycles. The van der Waals surface area contributed by atoms with Gasteiger partial charge in [0.25, 0.3) is 0 Å². The van der Waals surface area contributed by atoms with E-state index in [2.05, 4.69) is 5.32 Å². The molecule has 1 heterocycles. The van der Waals surface area contributed by atoms with Gasteiger partial charge >= 0.3 is 0 Å². The van der Waals surface area contributed by atoms with Crippen molar-refractivity contribution in [1.82, 2.24) is 5.32 Å². The van der Waals surface area contributed by atoms with E-state index < -0.39 is 0 Å². The topological polar surface area (TPSA) is 42.0 Å². The van der Waals surface area contributed by atoms with Gasteiger partial charge in [-0.1, -0.05) is 12.2 Å². The minimum Gasteiger partial charge on any atom is -0.368 e. The monoisotopic (exact) mass is 110 g/mol. The lowest BCUT2D eigenvalue weighted by molar-refractivity contribution is 0.824. The summed E-state index contributed by atoms with van der Waals surface area (Å²) in [6.07, 6.45) is 11.6. The summed E-state index contributed by atoms with van der Waals surface area (Å²) in [4.78, 5) is 0. The highest BCUT2D eigenvalue weighted by Crippen LogP contribution is 1.81. The zero-order valence-corrected chi connectivity index (χ0v) is 4.41. The summed E-state index contributed by atoms with van der Waals surface area (Å²) >= 11 is 0. The summed E-state index contributed by atoms with van der Waals surface area (Å²) in [5, 5.41) is 2.92. The maximum Gasteiger partial charge on any atom is 0.000442 e. The van der Waals surface area contributed by atoms with Crippen LogP contribution >= 0.6 is 0 Å².